The molecule has 0 saturated heterocycles. The molecule has 2 aromatic rings. The molecule has 28 heavy (non-hydrogen) atoms. The van der Waals surface area contributed by atoms with Gasteiger partial charge in [0.15, 0.2) is 6.73 Å². The molecule has 2 rings (SSSR count). The summed E-state index contributed by atoms with van der Waals surface area (Å²) < 4.78 is 10.8. The Morgan fingerprint density at radius 1 is 1.11 bits per heavy atom. The number of benzene rings is 2. The van der Waals surface area contributed by atoms with E-state index in [1.807, 2.05) is 20.8 Å². The minimum Gasteiger partial charge on any atom is -0.473 e. The van der Waals surface area contributed by atoms with E-state index in [0.717, 1.165) is 24.0 Å². The zero-order valence-electron chi connectivity index (χ0n) is 16.3. The number of halogens is 1. The van der Waals surface area contributed by atoms with Gasteiger partial charge in [0.25, 0.3) is 0 Å². The van der Waals surface area contributed by atoms with Crippen LogP contribution in [0.2, 0.25) is 5.02 Å². The summed E-state index contributed by atoms with van der Waals surface area (Å²) in [6, 6.07) is 9.81. The highest BCUT2D eigenvalue weighted by Gasteiger charge is 2.14. The van der Waals surface area contributed by atoms with Crippen LogP contribution < -0.4 is 15.4 Å². The molecule has 150 valence electrons. The summed E-state index contributed by atoms with van der Waals surface area (Å²) in [6.07, 6.45) is 1.73. The molecular weight excluding hydrogens is 380 g/mol. The van der Waals surface area contributed by atoms with Crippen molar-refractivity contribution in [1.29, 1.82) is 0 Å². The maximum Gasteiger partial charge on any atom is 0.340 e. The van der Waals surface area contributed by atoms with Gasteiger partial charge >= 0.3 is 12.0 Å². The zero-order valence-corrected chi connectivity index (χ0v) is 17.1. The van der Waals surface area contributed by atoms with Crippen molar-refractivity contribution < 1.29 is 19.1 Å². The molecular formula is C21H25ClN2O4. The highest BCUT2D eigenvalue weighted by atomic mass is 35.5. The van der Waals surface area contributed by atoms with Crippen LogP contribution in [-0.2, 0) is 4.74 Å². The van der Waals surface area contributed by atoms with Gasteiger partial charge < -0.3 is 20.1 Å². The predicted octanol–water partition coefficient (Wildman–Crippen LogP) is 5.07. The molecule has 0 saturated carbocycles. The molecule has 0 unspecified atom stereocenters. The molecule has 0 aromatic heterocycles. The quantitative estimate of drug-likeness (QED) is 0.365. The molecule has 0 heterocycles. The maximum absolute atomic E-state index is 12.2. The lowest BCUT2D eigenvalue weighted by Crippen LogP contribution is -2.32. The first-order valence-corrected chi connectivity index (χ1v) is 9.50. The molecule has 2 amide bonds. The summed E-state index contributed by atoms with van der Waals surface area (Å²) >= 11 is 6.13. The predicted molar refractivity (Wildman–Crippen MR) is 110 cm³/mol. The molecule has 0 aliphatic carbocycles. The van der Waals surface area contributed by atoms with Crippen LogP contribution in [0, 0.1) is 13.8 Å². The molecule has 7 heteroatoms. The number of carbonyl (C=O) groups excluding carboxylic acids is 2. The van der Waals surface area contributed by atoms with Crippen molar-refractivity contribution in [3.63, 3.8) is 0 Å². The number of hydrogen-bond donors (Lipinski definition) is 2. The lowest BCUT2D eigenvalue weighted by molar-refractivity contribution is 0.0501. The van der Waals surface area contributed by atoms with Gasteiger partial charge in [-0.25, -0.2) is 9.59 Å². The molecule has 0 spiro atoms. The van der Waals surface area contributed by atoms with Gasteiger partial charge in [-0.05, 0) is 55.7 Å². The first kappa shape index (κ1) is 21.6. The van der Waals surface area contributed by atoms with E-state index in [1.165, 1.54) is 0 Å². The van der Waals surface area contributed by atoms with Crippen LogP contribution in [0.25, 0.3) is 0 Å². The average Bonchev–Trinajstić information content (AvgIpc) is 2.66. The second-order valence-electron chi connectivity index (χ2n) is 6.33. The Balaban J connectivity index is 1.90. The van der Waals surface area contributed by atoms with Gasteiger partial charge in [0, 0.05) is 5.02 Å². The molecule has 0 aliphatic heterocycles. The second kappa shape index (κ2) is 10.6. The van der Waals surface area contributed by atoms with Crippen LogP contribution in [-0.4, -0.2) is 25.3 Å². The third kappa shape index (κ3) is 6.16. The van der Waals surface area contributed by atoms with E-state index in [9.17, 15) is 9.59 Å². The lowest BCUT2D eigenvalue weighted by Gasteiger charge is -2.13. The van der Waals surface area contributed by atoms with Crippen LogP contribution >= 0.6 is 11.6 Å². The van der Waals surface area contributed by atoms with E-state index >= 15 is 0 Å². The Morgan fingerprint density at radius 2 is 1.79 bits per heavy atom. The van der Waals surface area contributed by atoms with Gasteiger partial charge in [-0.1, -0.05) is 37.1 Å². The minimum atomic E-state index is -0.490. The molecule has 0 atom stereocenters. The summed E-state index contributed by atoms with van der Waals surface area (Å²) in [7, 11) is 0. The zero-order chi connectivity index (χ0) is 20.5. The number of para-hydroxylation sites is 1. The highest BCUT2D eigenvalue weighted by Crippen LogP contribution is 2.25. The average molecular weight is 405 g/mol. The number of unbranched alkanes of at least 4 members (excludes halogenated alkanes) is 1. The minimum absolute atomic E-state index is 0.0323. The Bertz CT molecular complexity index is 816. The second-order valence-corrected chi connectivity index (χ2v) is 6.70. The SMILES string of the molecule is CCCCOC(=O)c1ccccc1NC(=O)NCOc1cc(C)c(Cl)c(C)c1. The van der Waals surface area contributed by atoms with Crippen LogP contribution in [0.5, 0.6) is 5.75 Å². The highest BCUT2D eigenvalue weighted by molar-refractivity contribution is 6.32. The van der Waals surface area contributed by atoms with Crippen molar-refractivity contribution >= 4 is 29.3 Å². The Kier molecular flexibility index (Phi) is 8.14. The van der Waals surface area contributed by atoms with Crippen molar-refractivity contribution in [3.8, 4) is 5.75 Å². The van der Waals surface area contributed by atoms with Gasteiger partial charge in [-0.2, -0.15) is 0 Å². The number of esters is 1. The Morgan fingerprint density at radius 3 is 2.46 bits per heavy atom. The third-order valence-electron chi connectivity index (χ3n) is 4.01. The van der Waals surface area contributed by atoms with Crippen LogP contribution in [0.15, 0.2) is 36.4 Å². The molecule has 2 N–H and O–H groups in total. The van der Waals surface area contributed by atoms with Crippen molar-refractivity contribution in [1.82, 2.24) is 5.32 Å². The molecule has 0 aliphatic rings. The summed E-state index contributed by atoms with van der Waals surface area (Å²) in [6.45, 7) is 6.11. The molecule has 0 radical (unpaired) electrons. The number of nitrogens with one attached hydrogen (secondary N) is 2. The van der Waals surface area contributed by atoms with Crippen molar-refractivity contribution in [2.24, 2.45) is 0 Å². The van der Waals surface area contributed by atoms with Gasteiger partial charge in [-0.15, -0.1) is 0 Å². The largest absolute Gasteiger partial charge is 0.473 e. The normalized spacial score (nSPS) is 10.3. The number of amides is 2. The van der Waals surface area contributed by atoms with Crippen molar-refractivity contribution in [2.75, 3.05) is 18.7 Å². The van der Waals surface area contributed by atoms with Crippen LogP contribution in [0.1, 0.15) is 41.3 Å². The topological polar surface area (TPSA) is 76.7 Å². The molecule has 2 aromatic carbocycles. The maximum atomic E-state index is 12.2. The number of aryl methyl sites for hydroxylation is 2. The molecule has 6 nitrogen and oxygen atoms in total. The van der Waals surface area contributed by atoms with Crippen molar-refractivity contribution in [2.45, 2.75) is 33.6 Å². The van der Waals surface area contributed by atoms with Gasteiger partial charge in [0.1, 0.15) is 5.75 Å². The van der Waals surface area contributed by atoms with Crippen molar-refractivity contribution in [3.05, 3.63) is 58.1 Å². The van der Waals surface area contributed by atoms with E-state index in [0.29, 0.717) is 28.6 Å². The number of ether oxygens (including phenoxy) is 2. The number of hydrogen-bond acceptors (Lipinski definition) is 4. The van der Waals surface area contributed by atoms with E-state index in [4.69, 9.17) is 21.1 Å². The Hall–Kier alpha value is -2.73. The Labute approximate surface area is 170 Å². The van der Waals surface area contributed by atoms with Crippen LogP contribution in [0.3, 0.4) is 0 Å². The third-order valence-corrected chi connectivity index (χ3v) is 4.60. The van der Waals surface area contributed by atoms with E-state index < -0.39 is 12.0 Å². The van der Waals surface area contributed by atoms with E-state index in [-0.39, 0.29) is 6.73 Å². The number of anilines is 1. The van der Waals surface area contributed by atoms with Crippen LogP contribution in [0.4, 0.5) is 10.5 Å². The number of urea groups is 1. The van der Waals surface area contributed by atoms with E-state index in [1.54, 1.807) is 36.4 Å². The smallest absolute Gasteiger partial charge is 0.340 e. The fourth-order valence-corrected chi connectivity index (χ4v) is 2.61. The lowest BCUT2D eigenvalue weighted by atomic mass is 10.1. The summed E-state index contributed by atoms with van der Waals surface area (Å²) in [5.41, 5.74) is 2.48. The summed E-state index contributed by atoms with van der Waals surface area (Å²) in [5.74, 6) is 0.146. The van der Waals surface area contributed by atoms with Gasteiger partial charge in [-0.3, -0.25) is 0 Å². The molecule has 0 bridgehead atoms. The van der Waals surface area contributed by atoms with Gasteiger partial charge in [0.05, 0.1) is 17.9 Å². The first-order valence-electron chi connectivity index (χ1n) is 9.13. The number of carbonyl (C=O) groups is 2. The first-order chi connectivity index (χ1) is 13.4. The fourth-order valence-electron chi connectivity index (χ4n) is 2.50. The summed E-state index contributed by atoms with van der Waals surface area (Å²) in [4.78, 5) is 24.3. The monoisotopic (exact) mass is 404 g/mol. The summed E-state index contributed by atoms with van der Waals surface area (Å²) in [5, 5.41) is 5.94. The molecule has 0 fully saturated rings. The van der Waals surface area contributed by atoms with E-state index in [2.05, 4.69) is 10.6 Å². The standard InChI is InChI=1S/C21H25ClN2O4/c1-4-5-10-27-20(25)17-8-6-7-9-18(17)24-21(26)23-13-28-16-11-14(2)19(22)15(3)12-16/h6-9,11-12H,4-5,10,13H2,1-3H3,(H2,23,24,26). The fraction of sp³-hybridized carbons (Fsp3) is 0.333. The van der Waals surface area contributed by atoms with Gasteiger partial charge in [0.2, 0.25) is 0 Å². The number of rotatable bonds is 8.